The number of hydrogen-bond donors (Lipinski definition) is 1. The van der Waals surface area contributed by atoms with Crippen molar-refractivity contribution in [3.05, 3.63) is 18.0 Å². The predicted octanol–water partition coefficient (Wildman–Crippen LogP) is 2.76. The maximum absolute atomic E-state index is 5.54. The molecule has 0 aliphatic rings. The molecular weight excluding hydrogens is 226 g/mol. The van der Waals surface area contributed by atoms with E-state index in [0.717, 1.165) is 39.1 Å². The third kappa shape index (κ3) is 5.65. The van der Waals surface area contributed by atoms with Gasteiger partial charge in [-0.1, -0.05) is 20.3 Å². The third-order valence-corrected chi connectivity index (χ3v) is 2.96. The molecule has 0 aliphatic heterocycles. The first-order valence-electron chi connectivity index (χ1n) is 7.11. The lowest BCUT2D eigenvalue weighted by molar-refractivity contribution is 0.121. The highest BCUT2D eigenvalue weighted by Gasteiger charge is 2.06. The summed E-state index contributed by atoms with van der Waals surface area (Å²) < 4.78 is 7.50. The molecule has 1 unspecified atom stereocenters. The maximum Gasteiger partial charge on any atom is 0.0662 e. The lowest BCUT2D eigenvalue weighted by atomic mass is 10.2. The van der Waals surface area contributed by atoms with Crippen LogP contribution in [-0.4, -0.2) is 29.5 Å². The molecule has 0 bridgehead atoms. The van der Waals surface area contributed by atoms with Crippen molar-refractivity contribution in [3.8, 4) is 0 Å². The SMILES string of the molecule is CCCCOCCn1cc(C(C)NCCC)cn1. The fourth-order valence-electron chi connectivity index (χ4n) is 1.71. The molecular formula is C14H27N3O. The largest absolute Gasteiger partial charge is 0.380 e. The number of ether oxygens (including phenoxy) is 1. The molecule has 4 nitrogen and oxygen atoms in total. The molecule has 1 aromatic rings. The van der Waals surface area contributed by atoms with E-state index in [2.05, 4.69) is 37.4 Å². The van der Waals surface area contributed by atoms with E-state index in [0.29, 0.717) is 6.04 Å². The normalized spacial score (nSPS) is 12.8. The topological polar surface area (TPSA) is 39.1 Å². The molecule has 4 heteroatoms. The molecule has 0 saturated heterocycles. The fourth-order valence-corrected chi connectivity index (χ4v) is 1.71. The molecule has 0 aliphatic carbocycles. The van der Waals surface area contributed by atoms with E-state index in [1.807, 2.05) is 10.9 Å². The van der Waals surface area contributed by atoms with Gasteiger partial charge in [-0.2, -0.15) is 5.10 Å². The van der Waals surface area contributed by atoms with Crippen LogP contribution in [0.2, 0.25) is 0 Å². The number of nitrogens with zero attached hydrogens (tertiary/aromatic N) is 2. The summed E-state index contributed by atoms with van der Waals surface area (Å²) in [6.07, 6.45) is 7.54. The summed E-state index contributed by atoms with van der Waals surface area (Å²) in [6, 6.07) is 0.375. The van der Waals surface area contributed by atoms with Gasteiger partial charge in [0.05, 0.1) is 19.3 Å². The molecule has 1 aromatic heterocycles. The molecule has 18 heavy (non-hydrogen) atoms. The van der Waals surface area contributed by atoms with Crippen molar-refractivity contribution in [2.24, 2.45) is 0 Å². The van der Waals surface area contributed by atoms with Gasteiger partial charge < -0.3 is 10.1 Å². The van der Waals surface area contributed by atoms with Crippen molar-refractivity contribution in [2.45, 2.75) is 52.6 Å². The quantitative estimate of drug-likeness (QED) is 0.652. The highest BCUT2D eigenvalue weighted by Crippen LogP contribution is 2.10. The first-order chi connectivity index (χ1) is 8.77. The summed E-state index contributed by atoms with van der Waals surface area (Å²) in [5.41, 5.74) is 1.25. The van der Waals surface area contributed by atoms with E-state index in [1.54, 1.807) is 0 Å². The van der Waals surface area contributed by atoms with Gasteiger partial charge in [-0.3, -0.25) is 4.68 Å². The minimum atomic E-state index is 0.375. The summed E-state index contributed by atoms with van der Waals surface area (Å²) in [7, 11) is 0. The average Bonchev–Trinajstić information content (AvgIpc) is 2.84. The Labute approximate surface area is 111 Å². The molecule has 0 aromatic carbocycles. The van der Waals surface area contributed by atoms with Gasteiger partial charge in [-0.15, -0.1) is 0 Å². The molecule has 0 radical (unpaired) electrons. The third-order valence-electron chi connectivity index (χ3n) is 2.96. The zero-order chi connectivity index (χ0) is 13.2. The highest BCUT2D eigenvalue weighted by molar-refractivity contribution is 5.09. The summed E-state index contributed by atoms with van der Waals surface area (Å²) in [5.74, 6) is 0. The molecule has 1 atom stereocenters. The highest BCUT2D eigenvalue weighted by atomic mass is 16.5. The summed E-state index contributed by atoms with van der Waals surface area (Å²) in [4.78, 5) is 0. The van der Waals surface area contributed by atoms with Crippen LogP contribution >= 0.6 is 0 Å². The molecule has 1 rings (SSSR count). The minimum absolute atomic E-state index is 0.375. The van der Waals surface area contributed by atoms with E-state index in [9.17, 15) is 0 Å². The molecule has 0 saturated carbocycles. The molecule has 0 fully saturated rings. The summed E-state index contributed by atoms with van der Waals surface area (Å²) in [6.45, 7) is 10.0. The standard InChI is InChI=1S/C14H27N3O/c1-4-6-9-18-10-8-17-12-14(11-16-17)13(3)15-7-5-2/h11-13,15H,4-10H2,1-3H3. The number of rotatable bonds is 10. The first kappa shape index (κ1) is 15.2. The molecule has 0 spiro atoms. The Morgan fingerprint density at radius 1 is 1.33 bits per heavy atom. The fraction of sp³-hybridized carbons (Fsp3) is 0.786. The van der Waals surface area contributed by atoms with Gasteiger partial charge in [0.1, 0.15) is 0 Å². The Balaban J connectivity index is 2.25. The molecule has 104 valence electrons. The van der Waals surface area contributed by atoms with Crippen LogP contribution in [0.5, 0.6) is 0 Å². The van der Waals surface area contributed by atoms with Gasteiger partial charge in [0, 0.05) is 24.4 Å². The second-order valence-electron chi connectivity index (χ2n) is 4.68. The van der Waals surface area contributed by atoms with Crippen molar-refractivity contribution in [3.63, 3.8) is 0 Å². The van der Waals surface area contributed by atoms with Gasteiger partial charge in [0.25, 0.3) is 0 Å². The van der Waals surface area contributed by atoms with Gasteiger partial charge in [0.15, 0.2) is 0 Å². The Bertz CT molecular complexity index is 312. The van der Waals surface area contributed by atoms with E-state index in [1.165, 1.54) is 12.0 Å². The van der Waals surface area contributed by atoms with Crippen LogP contribution < -0.4 is 5.32 Å². The van der Waals surface area contributed by atoms with Crippen LogP contribution in [0.25, 0.3) is 0 Å². The van der Waals surface area contributed by atoms with E-state index in [-0.39, 0.29) is 0 Å². The summed E-state index contributed by atoms with van der Waals surface area (Å²) in [5, 5.41) is 7.82. The van der Waals surface area contributed by atoms with Crippen molar-refractivity contribution >= 4 is 0 Å². The molecule has 1 N–H and O–H groups in total. The smallest absolute Gasteiger partial charge is 0.0662 e. The van der Waals surface area contributed by atoms with E-state index >= 15 is 0 Å². The number of hydrogen-bond acceptors (Lipinski definition) is 3. The maximum atomic E-state index is 5.54. The average molecular weight is 253 g/mol. The van der Waals surface area contributed by atoms with E-state index < -0.39 is 0 Å². The van der Waals surface area contributed by atoms with Gasteiger partial charge in [-0.25, -0.2) is 0 Å². The Kier molecular flexibility index (Phi) is 7.69. The van der Waals surface area contributed by atoms with Crippen molar-refractivity contribution < 1.29 is 4.74 Å². The monoisotopic (exact) mass is 253 g/mol. The number of aromatic nitrogens is 2. The number of unbranched alkanes of at least 4 members (excludes halogenated alkanes) is 1. The van der Waals surface area contributed by atoms with Crippen molar-refractivity contribution in [1.29, 1.82) is 0 Å². The summed E-state index contributed by atoms with van der Waals surface area (Å²) >= 11 is 0. The lowest BCUT2D eigenvalue weighted by Crippen LogP contribution is -2.18. The van der Waals surface area contributed by atoms with Crippen LogP contribution in [-0.2, 0) is 11.3 Å². The van der Waals surface area contributed by atoms with Gasteiger partial charge in [0.2, 0.25) is 0 Å². The van der Waals surface area contributed by atoms with Crippen LogP contribution in [0.4, 0.5) is 0 Å². The van der Waals surface area contributed by atoms with Crippen LogP contribution in [0.1, 0.15) is 51.6 Å². The second-order valence-corrected chi connectivity index (χ2v) is 4.68. The van der Waals surface area contributed by atoms with Crippen LogP contribution in [0.15, 0.2) is 12.4 Å². The van der Waals surface area contributed by atoms with Gasteiger partial charge in [-0.05, 0) is 26.3 Å². The molecule has 0 amide bonds. The Hall–Kier alpha value is -0.870. The van der Waals surface area contributed by atoms with E-state index in [4.69, 9.17) is 4.74 Å². The van der Waals surface area contributed by atoms with Crippen LogP contribution in [0, 0.1) is 0 Å². The number of nitrogens with one attached hydrogen (secondary N) is 1. The minimum Gasteiger partial charge on any atom is -0.380 e. The van der Waals surface area contributed by atoms with Gasteiger partial charge >= 0.3 is 0 Å². The predicted molar refractivity (Wildman–Crippen MR) is 74.7 cm³/mol. The Morgan fingerprint density at radius 2 is 2.17 bits per heavy atom. The van der Waals surface area contributed by atoms with Crippen molar-refractivity contribution in [2.75, 3.05) is 19.8 Å². The molecule has 1 heterocycles. The lowest BCUT2D eigenvalue weighted by Gasteiger charge is -2.10. The zero-order valence-electron chi connectivity index (χ0n) is 12.0. The first-order valence-corrected chi connectivity index (χ1v) is 7.11. The van der Waals surface area contributed by atoms with Crippen LogP contribution in [0.3, 0.4) is 0 Å². The van der Waals surface area contributed by atoms with Crippen molar-refractivity contribution in [1.82, 2.24) is 15.1 Å². The second kappa shape index (κ2) is 9.11. The Morgan fingerprint density at radius 3 is 2.89 bits per heavy atom. The zero-order valence-corrected chi connectivity index (χ0v) is 12.0.